The minimum absolute atomic E-state index is 0.0783. The van der Waals surface area contributed by atoms with Crippen molar-refractivity contribution in [3.63, 3.8) is 0 Å². The number of aryl methyl sites for hydroxylation is 2. The molecule has 5 nitrogen and oxygen atoms in total. The van der Waals surface area contributed by atoms with Crippen LogP contribution in [0.2, 0.25) is 0 Å². The molecule has 0 aliphatic carbocycles. The predicted octanol–water partition coefficient (Wildman–Crippen LogP) is 2.00. The molecule has 0 unspecified atom stereocenters. The highest BCUT2D eigenvalue weighted by molar-refractivity contribution is 5.68. The van der Waals surface area contributed by atoms with E-state index in [1.54, 1.807) is 6.20 Å². The maximum atomic E-state index is 10.5. The predicted molar refractivity (Wildman–Crippen MR) is 57.0 cm³/mol. The molecule has 5 heteroatoms. The van der Waals surface area contributed by atoms with Crippen LogP contribution in [-0.4, -0.2) is 21.3 Å². The highest BCUT2D eigenvalue weighted by Gasteiger charge is 2.11. The molecule has 0 aliphatic rings. The van der Waals surface area contributed by atoms with E-state index in [1.807, 2.05) is 19.1 Å². The number of aromatic amines is 1. The number of hydrogen-bond donors (Lipinski definition) is 2. The van der Waals surface area contributed by atoms with Gasteiger partial charge in [0, 0.05) is 12.1 Å². The molecule has 0 amide bonds. The van der Waals surface area contributed by atoms with Crippen LogP contribution in [0.25, 0.3) is 11.3 Å². The Bertz CT molecular complexity index is 499. The summed E-state index contributed by atoms with van der Waals surface area (Å²) in [5.41, 5.74) is 1.62. The molecule has 2 aromatic heterocycles. The third kappa shape index (κ3) is 2.13. The molecule has 0 spiro atoms. The van der Waals surface area contributed by atoms with Gasteiger partial charge in [-0.2, -0.15) is 5.10 Å². The number of nitrogens with one attached hydrogen (secondary N) is 1. The van der Waals surface area contributed by atoms with Gasteiger partial charge in [0.2, 0.25) is 0 Å². The van der Waals surface area contributed by atoms with E-state index in [-0.39, 0.29) is 6.42 Å². The van der Waals surface area contributed by atoms with Crippen LogP contribution < -0.4 is 0 Å². The molecule has 2 rings (SSSR count). The number of carboxylic acid groups (broad SMARTS) is 1. The molecule has 0 aromatic carbocycles. The van der Waals surface area contributed by atoms with E-state index in [1.165, 1.54) is 0 Å². The Morgan fingerprint density at radius 2 is 2.38 bits per heavy atom. The van der Waals surface area contributed by atoms with Crippen molar-refractivity contribution in [3.8, 4) is 11.3 Å². The van der Waals surface area contributed by atoms with Crippen molar-refractivity contribution in [1.29, 1.82) is 0 Å². The Labute approximate surface area is 92.1 Å². The number of aromatic nitrogens is 2. The van der Waals surface area contributed by atoms with Gasteiger partial charge < -0.3 is 9.52 Å². The Morgan fingerprint density at radius 1 is 1.56 bits per heavy atom. The number of hydrogen-bond acceptors (Lipinski definition) is 3. The first kappa shape index (κ1) is 10.5. The number of furan rings is 1. The zero-order valence-corrected chi connectivity index (χ0v) is 8.86. The first-order chi connectivity index (χ1) is 7.66. The number of carboxylic acids is 1. The van der Waals surface area contributed by atoms with Crippen LogP contribution in [-0.2, 0) is 11.2 Å². The lowest BCUT2D eigenvalue weighted by molar-refractivity contribution is -0.136. The van der Waals surface area contributed by atoms with Crippen molar-refractivity contribution in [1.82, 2.24) is 10.2 Å². The van der Waals surface area contributed by atoms with Crippen molar-refractivity contribution < 1.29 is 14.3 Å². The van der Waals surface area contributed by atoms with Gasteiger partial charge in [-0.1, -0.05) is 0 Å². The first-order valence-corrected chi connectivity index (χ1v) is 4.97. The van der Waals surface area contributed by atoms with E-state index < -0.39 is 5.97 Å². The van der Waals surface area contributed by atoms with Crippen LogP contribution in [0.5, 0.6) is 0 Å². The Morgan fingerprint density at radius 3 is 3.00 bits per heavy atom. The van der Waals surface area contributed by atoms with Gasteiger partial charge in [-0.3, -0.25) is 9.89 Å². The van der Waals surface area contributed by atoms with Crippen LogP contribution in [0.15, 0.2) is 22.7 Å². The second-order valence-corrected chi connectivity index (χ2v) is 3.57. The molecule has 2 N–H and O–H groups in total. The molecule has 2 heterocycles. The summed E-state index contributed by atoms with van der Waals surface area (Å²) in [6.07, 6.45) is 2.15. The van der Waals surface area contributed by atoms with Gasteiger partial charge in [0.15, 0.2) is 0 Å². The largest absolute Gasteiger partial charge is 0.481 e. The lowest BCUT2D eigenvalue weighted by Gasteiger charge is -1.98. The SMILES string of the molecule is Cc1ccc(-c2cn[nH]c2CCC(=O)O)o1. The van der Waals surface area contributed by atoms with E-state index in [9.17, 15) is 4.79 Å². The number of aliphatic carboxylic acids is 1. The molecular weight excluding hydrogens is 208 g/mol. The molecule has 0 bridgehead atoms. The van der Waals surface area contributed by atoms with Gasteiger partial charge in [0.1, 0.15) is 11.5 Å². The zero-order chi connectivity index (χ0) is 11.5. The third-order valence-electron chi connectivity index (χ3n) is 2.31. The summed E-state index contributed by atoms with van der Waals surface area (Å²) in [6, 6.07) is 3.72. The van der Waals surface area contributed by atoms with Crippen molar-refractivity contribution in [2.75, 3.05) is 0 Å². The number of rotatable bonds is 4. The quantitative estimate of drug-likeness (QED) is 0.825. The lowest BCUT2D eigenvalue weighted by atomic mass is 10.1. The van der Waals surface area contributed by atoms with Gasteiger partial charge in [-0.15, -0.1) is 0 Å². The topological polar surface area (TPSA) is 79.1 Å². The van der Waals surface area contributed by atoms with Gasteiger partial charge in [0.05, 0.1) is 18.2 Å². The van der Waals surface area contributed by atoms with E-state index in [0.29, 0.717) is 12.2 Å². The Hall–Kier alpha value is -2.04. The minimum atomic E-state index is -0.823. The maximum Gasteiger partial charge on any atom is 0.303 e. The maximum absolute atomic E-state index is 10.5. The average molecular weight is 220 g/mol. The van der Waals surface area contributed by atoms with Crippen LogP contribution in [0.1, 0.15) is 17.9 Å². The minimum Gasteiger partial charge on any atom is -0.481 e. The van der Waals surface area contributed by atoms with Crippen LogP contribution in [0.3, 0.4) is 0 Å². The standard InChI is InChI=1S/C11H12N2O3/c1-7-2-4-10(16-7)8-6-12-13-9(8)3-5-11(14)15/h2,4,6H,3,5H2,1H3,(H,12,13)(H,14,15). The second kappa shape index (κ2) is 4.22. The summed E-state index contributed by atoms with van der Waals surface area (Å²) in [4.78, 5) is 10.5. The highest BCUT2D eigenvalue weighted by atomic mass is 16.4. The fraction of sp³-hybridized carbons (Fsp3) is 0.273. The molecule has 0 aliphatic heterocycles. The molecule has 84 valence electrons. The number of H-pyrrole nitrogens is 1. The molecule has 0 saturated heterocycles. The molecule has 16 heavy (non-hydrogen) atoms. The van der Waals surface area contributed by atoms with Crippen LogP contribution in [0.4, 0.5) is 0 Å². The second-order valence-electron chi connectivity index (χ2n) is 3.57. The van der Waals surface area contributed by atoms with E-state index in [2.05, 4.69) is 10.2 Å². The van der Waals surface area contributed by atoms with E-state index >= 15 is 0 Å². The van der Waals surface area contributed by atoms with Crippen LogP contribution in [0, 0.1) is 6.92 Å². The van der Waals surface area contributed by atoms with Gasteiger partial charge in [-0.05, 0) is 19.1 Å². The Balaban J connectivity index is 2.22. The lowest BCUT2D eigenvalue weighted by Crippen LogP contribution is -1.98. The molecule has 0 saturated carbocycles. The molecule has 0 atom stereocenters. The average Bonchev–Trinajstić information content (AvgIpc) is 2.82. The summed E-state index contributed by atoms with van der Waals surface area (Å²) >= 11 is 0. The number of carbonyl (C=O) groups is 1. The summed E-state index contributed by atoms with van der Waals surface area (Å²) in [5.74, 6) is 0.711. The van der Waals surface area contributed by atoms with Gasteiger partial charge in [-0.25, -0.2) is 0 Å². The van der Waals surface area contributed by atoms with Crippen LogP contribution >= 0.6 is 0 Å². The van der Waals surface area contributed by atoms with Crippen molar-refractivity contribution in [2.45, 2.75) is 19.8 Å². The summed E-state index contributed by atoms with van der Waals surface area (Å²) in [7, 11) is 0. The molecule has 0 radical (unpaired) electrons. The van der Waals surface area contributed by atoms with Gasteiger partial charge in [0.25, 0.3) is 0 Å². The summed E-state index contributed by atoms with van der Waals surface area (Å²) in [5, 5.41) is 15.3. The molecule has 2 aromatic rings. The zero-order valence-electron chi connectivity index (χ0n) is 8.86. The van der Waals surface area contributed by atoms with Crippen molar-refractivity contribution in [2.24, 2.45) is 0 Å². The molecular formula is C11H12N2O3. The smallest absolute Gasteiger partial charge is 0.303 e. The van der Waals surface area contributed by atoms with E-state index in [0.717, 1.165) is 17.0 Å². The monoisotopic (exact) mass is 220 g/mol. The fourth-order valence-electron chi connectivity index (χ4n) is 1.53. The Kier molecular flexibility index (Phi) is 2.76. The first-order valence-electron chi connectivity index (χ1n) is 4.97. The normalized spacial score (nSPS) is 10.6. The highest BCUT2D eigenvalue weighted by Crippen LogP contribution is 2.24. The van der Waals surface area contributed by atoms with E-state index in [4.69, 9.17) is 9.52 Å². The van der Waals surface area contributed by atoms with Gasteiger partial charge >= 0.3 is 5.97 Å². The van der Waals surface area contributed by atoms with Crippen molar-refractivity contribution >= 4 is 5.97 Å². The summed E-state index contributed by atoms with van der Waals surface area (Å²) < 4.78 is 5.47. The number of nitrogens with zero attached hydrogens (tertiary/aromatic N) is 1. The third-order valence-corrected chi connectivity index (χ3v) is 2.31. The fourth-order valence-corrected chi connectivity index (χ4v) is 1.53. The summed E-state index contributed by atoms with van der Waals surface area (Å²) in [6.45, 7) is 1.86. The van der Waals surface area contributed by atoms with Crippen molar-refractivity contribution in [3.05, 3.63) is 29.8 Å². The molecule has 0 fully saturated rings.